The van der Waals surface area contributed by atoms with Crippen molar-refractivity contribution in [2.24, 2.45) is 5.73 Å². The molecule has 0 aliphatic heterocycles. The van der Waals surface area contributed by atoms with Crippen molar-refractivity contribution in [1.82, 2.24) is 14.7 Å². The minimum atomic E-state index is 0.538. The zero-order valence-corrected chi connectivity index (χ0v) is 16.6. The van der Waals surface area contributed by atoms with E-state index in [0.29, 0.717) is 38.7 Å². The maximum absolute atomic E-state index is 5.68. The van der Waals surface area contributed by atoms with Crippen molar-refractivity contribution in [1.29, 1.82) is 0 Å². The van der Waals surface area contributed by atoms with Gasteiger partial charge in [0.15, 0.2) is 0 Å². The van der Waals surface area contributed by atoms with Crippen LogP contribution in [0.3, 0.4) is 0 Å². The molecule has 0 bridgehead atoms. The maximum Gasteiger partial charge on any atom is 0.210 e. The molecule has 2 N–H and O–H groups in total. The lowest BCUT2D eigenvalue weighted by molar-refractivity contribution is 0.126. The normalized spacial score (nSPS) is 10.6. The molecule has 0 aliphatic carbocycles. The van der Waals surface area contributed by atoms with Gasteiger partial charge in [0.05, 0.1) is 19.8 Å². The van der Waals surface area contributed by atoms with Crippen LogP contribution in [0.5, 0.6) is 5.75 Å². The third-order valence-corrected chi connectivity index (χ3v) is 4.16. The van der Waals surface area contributed by atoms with Crippen LogP contribution in [0.2, 0.25) is 0 Å². The van der Waals surface area contributed by atoms with E-state index >= 15 is 0 Å². The molecule has 0 saturated heterocycles. The van der Waals surface area contributed by atoms with Gasteiger partial charge < -0.3 is 24.3 Å². The first-order valence-corrected chi connectivity index (χ1v) is 9.76. The fraction of sp³-hybridized carbons (Fsp3) is 0.364. The van der Waals surface area contributed by atoms with Crippen LogP contribution in [0, 0.1) is 11.8 Å². The molecule has 3 aromatic rings. The molecule has 2 heterocycles. The van der Waals surface area contributed by atoms with E-state index in [0.717, 1.165) is 35.7 Å². The first kappa shape index (κ1) is 20.6. The number of nitrogens with two attached hydrogens (primary N) is 1. The first-order chi connectivity index (χ1) is 14.3. The lowest BCUT2D eigenvalue weighted by atomic mass is 10.2. The second kappa shape index (κ2) is 11.1. The molecule has 0 saturated carbocycles. The molecule has 0 radical (unpaired) electrons. The third kappa shape index (κ3) is 6.49. The van der Waals surface area contributed by atoms with Crippen LogP contribution in [0.1, 0.15) is 36.2 Å². The molecule has 7 heteroatoms. The van der Waals surface area contributed by atoms with E-state index in [2.05, 4.69) is 33.5 Å². The van der Waals surface area contributed by atoms with Crippen LogP contribution in [-0.4, -0.2) is 41.1 Å². The molecular formula is C22H26N4O3. The molecule has 0 aliphatic rings. The molecule has 0 spiro atoms. The highest BCUT2D eigenvalue weighted by molar-refractivity contribution is 5.41. The summed E-state index contributed by atoms with van der Waals surface area (Å²) in [6.45, 7) is 5.09. The summed E-state index contributed by atoms with van der Waals surface area (Å²) in [6.07, 6.45) is 5.44. The Balaban J connectivity index is 1.49. The van der Waals surface area contributed by atoms with Crippen molar-refractivity contribution in [2.45, 2.75) is 26.3 Å². The van der Waals surface area contributed by atoms with Crippen molar-refractivity contribution < 1.29 is 14.0 Å². The molecule has 2 aromatic heterocycles. The Morgan fingerprint density at radius 3 is 2.79 bits per heavy atom. The Kier molecular flexibility index (Phi) is 7.87. The summed E-state index contributed by atoms with van der Waals surface area (Å²) in [6, 6.07) is 9.51. The Bertz CT molecular complexity index is 935. The average molecular weight is 394 g/mol. The van der Waals surface area contributed by atoms with Gasteiger partial charge in [0, 0.05) is 50.0 Å². The minimum Gasteiger partial charge on any atom is -0.494 e. The quantitative estimate of drug-likeness (QED) is 0.420. The van der Waals surface area contributed by atoms with Gasteiger partial charge >= 0.3 is 0 Å². The number of nitrogens with zero attached hydrogens (tertiary/aromatic N) is 3. The van der Waals surface area contributed by atoms with Crippen LogP contribution >= 0.6 is 0 Å². The van der Waals surface area contributed by atoms with E-state index in [1.54, 1.807) is 6.20 Å². The molecule has 7 nitrogen and oxygen atoms in total. The largest absolute Gasteiger partial charge is 0.494 e. The average Bonchev–Trinajstić information content (AvgIpc) is 3.39. The predicted octanol–water partition coefficient (Wildman–Crippen LogP) is 2.63. The van der Waals surface area contributed by atoms with Crippen LogP contribution in [0.15, 0.2) is 47.2 Å². The molecule has 152 valence electrons. The van der Waals surface area contributed by atoms with Gasteiger partial charge in [-0.05, 0) is 30.2 Å². The lowest BCUT2D eigenvalue weighted by Crippen LogP contribution is -2.10. The number of imidazole rings is 1. The number of aryl methyl sites for hydroxylation is 1. The zero-order chi connectivity index (χ0) is 20.3. The van der Waals surface area contributed by atoms with Crippen LogP contribution in [0.4, 0.5) is 0 Å². The van der Waals surface area contributed by atoms with Crippen molar-refractivity contribution in [3.63, 3.8) is 0 Å². The first-order valence-electron chi connectivity index (χ1n) is 9.76. The van der Waals surface area contributed by atoms with E-state index in [1.165, 1.54) is 0 Å². The van der Waals surface area contributed by atoms with Gasteiger partial charge in [-0.3, -0.25) is 0 Å². The van der Waals surface area contributed by atoms with Gasteiger partial charge in [0.1, 0.15) is 17.3 Å². The molecular weight excluding hydrogens is 368 g/mol. The van der Waals surface area contributed by atoms with Crippen LogP contribution in [0.25, 0.3) is 0 Å². The topological polar surface area (TPSA) is 88.3 Å². The second-order valence-electron chi connectivity index (χ2n) is 6.38. The Labute approximate surface area is 170 Å². The number of hydrogen-bond acceptors (Lipinski definition) is 6. The van der Waals surface area contributed by atoms with Gasteiger partial charge in [0.25, 0.3) is 0 Å². The number of ether oxygens (including phenoxy) is 2. The SMILES string of the molecule is CCc1nccn1Cc1cc(C#Cc2ccc(OCCCOCCN)cc2)on1. The van der Waals surface area contributed by atoms with Crippen LogP contribution < -0.4 is 10.5 Å². The van der Waals surface area contributed by atoms with Gasteiger partial charge in [-0.25, -0.2) is 4.98 Å². The molecule has 3 rings (SSSR count). The molecule has 0 atom stereocenters. The number of benzene rings is 1. The van der Waals surface area contributed by atoms with E-state index in [1.807, 2.05) is 36.5 Å². The molecule has 0 fully saturated rings. The third-order valence-electron chi connectivity index (χ3n) is 4.16. The number of hydrogen-bond donors (Lipinski definition) is 1. The standard InChI is InChI=1S/C22H26N4O3/c1-2-22-24-11-12-26(22)17-19-16-21(29-25-19)9-6-18-4-7-20(8-5-18)28-14-3-13-27-15-10-23/h4-5,7-8,11-12,16H,2-3,10,13-15,17,23H2,1H3. The number of rotatable bonds is 10. The van der Waals surface area contributed by atoms with E-state index in [4.69, 9.17) is 19.7 Å². The molecule has 0 amide bonds. The van der Waals surface area contributed by atoms with Gasteiger partial charge in [-0.15, -0.1) is 0 Å². The lowest BCUT2D eigenvalue weighted by Gasteiger charge is -2.06. The summed E-state index contributed by atoms with van der Waals surface area (Å²) in [5, 5.41) is 4.09. The summed E-state index contributed by atoms with van der Waals surface area (Å²) in [4.78, 5) is 4.31. The monoisotopic (exact) mass is 394 g/mol. The maximum atomic E-state index is 5.68. The summed E-state index contributed by atoms with van der Waals surface area (Å²) < 4.78 is 18.4. The molecule has 1 aromatic carbocycles. The van der Waals surface area contributed by atoms with Gasteiger partial charge in [0.2, 0.25) is 5.76 Å². The highest BCUT2D eigenvalue weighted by Gasteiger charge is 2.06. The summed E-state index contributed by atoms with van der Waals surface area (Å²) in [5.74, 6) is 8.46. The van der Waals surface area contributed by atoms with Crippen molar-refractivity contribution in [3.05, 3.63) is 65.6 Å². The Hall–Kier alpha value is -3.08. The fourth-order valence-corrected chi connectivity index (χ4v) is 2.72. The summed E-state index contributed by atoms with van der Waals surface area (Å²) in [5.41, 5.74) is 7.07. The van der Waals surface area contributed by atoms with Crippen molar-refractivity contribution in [3.8, 4) is 17.6 Å². The number of aromatic nitrogens is 3. The van der Waals surface area contributed by atoms with E-state index in [-0.39, 0.29) is 0 Å². The highest BCUT2D eigenvalue weighted by atomic mass is 16.5. The summed E-state index contributed by atoms with van der Waals surface area (Å²) >= 11 is 0. The van der Waals surface area contributed by atoms with E-state index in [9.17, 15) is 0 Å². The van der Waals surface area contributed by atoms with Crippen LogP contribution in [-0.2, 0) is 17.7 Å². The summed E-state index contributed by atoms with van der Waals surface area (Å²) in [7, 11) is 0. The zero-order valence-electron chi connectivity index (χ0n) is 16.6. The Morgan fingerprint density at radius 2 is 2.00 bits per heavy atom. The minimum absolute atomic E-state index is 0.538. The van der Waals surface area contributed by atoms with Crippen molar-refractivity contribution >= 4 is 0 Å². The second-order valence-corrected chi connectivity index (χ2v) is 6.38. The Morgan fingerprint density at radius 1 is 1.14 bits per heavy atom. The highest BCUT2D eigenvalue weighted by Crippen LogP contribution is 2.12. The smallest absolute Gasteiger partial charge is 0.210 e. The molecule has 29 heavy (non-hydrogen) atoms. The van der Waals surface area contributed by atoms with Gasteiger partial charge in [-0.2, -0.15) is 0 Å². The van der Waals surface area contributed by atoms with Gasteiger partial charge in [-0.1, -0.05) is 18.0 Å². The predicted molar refractivity (Wildman–Crippen MR) is 110 cm³/mol. The van der Waals surface area contributed by atoms with Crippen molar-refractivity contribution in [2.75, 3.05) is 26.4 Å². The fourth-order valence-electron chi connectivity index (χ4n) is 2.72. The van der Waals surface area contributed by atoms with E-state index < -0.39 is 0 Å². The molecule has 0 unspecified atom stereocenters.